The number of rotatable bonds is 1. The number of hydrogen-bond acceptors (Lipinski definition) is 2. The number of hydrogen-bond donors (Lipinski definition) is 0. The Morgan fingerprint density at radius 1 is 1.10 bits per heavy atom. The third-order valence-electron chi connectivity index (χ3n) is 5.25. The molecular weight excluding hydrogens is 248 g/mol. The minimum Gasteiger partial charge on any atom is -0.312 e. The van der Waals surface area contributed by atoms with E-state index in [-0.39, 0.29) is 11.3 Å². The summed E-state index contributed by atoms with van der Waals surface area (Å²) in [7, 11) is 0. The van der Waals surface area contributed by atoms with Gasteiger partial charge in [-0.25, -0.2) is 0 Å². The zero-order chi connectivity index (χ0) is 13.7. The number of nitrogens with zero attached hydrogens (tertiary/aromatic N) is 2. The van der Waals surface area contributed by atoms with Crippen molar-refractivity contribution in [1.82, 2.24) is 0 Å². The van der Waals surface area contributed by atoms with Crippen LogP contribution in [0.5, 0.6) is 0 Å². The zero-order valence-corrected chi connectivity index (χ0v) is 11.6. The highest BCUT2D eigenvalue weighted by Gasteiger charge is 2.40. The Kier molecular flexibility index (Phi) is 2.44. The lowest BCUT2D eigenvalue weighted by Gasteiger charge is -2.40. The molecule has 0 spiro atoms. The Balaban J connectivity index is 1.87. The SMILES string of the molecule is N#CC1(c2cc3c4c(c2)CCC(=O)N4CCC3)CCC1. The van der Waals surface area contributed by atoms with Crippen molar-refractivity contribution >= 4 is 11.6 Å². The van der Waals surface area contributed by atoms with E-state index in [2.05, 4.69) is 18.2 Å². The first-order chi connectivity index (χ1) is 9.73. The topological polar surface area (TPSA) is 44.1 Å². The molecule has 2 heterocycles. The molecule has 3 nitrogen and oxygen atoms in total. The number of amides is 1. The Labute approximate surface area is 119 Å². The molecule has 3 aliphatic rings. The number of benzene rings is 1. The van der Waals surface area contributed by atoms with E-state index in [0.29, 0.717) is 6.42 Å². The molecule has 102 valence electrons. The summed E-state index contributed by atoms with van der Waals surface area (Å²) in [6.45, 7) is 0.863. The minimum absolute atomic E-state index is 0.241. The van der Waals surface area contributed by atoms with Crippen molar-refractivity contribution in [1.29, 1.82) is 5.26 Å². The van der Waals surface area contributed by atoms with E-state index in [4.69, 9.17) is 0 Å². The van der Waals surface area contributed by atoms with Gasteiger partial charge in [-0.3, -0.25) is 4.79 Å². The molecule has 20 heavy (non-hydrogen) atoms. The molecule has 0 saturated heterocycles. The molecule has 0 N–H and O–H groups in total. The van der Waals surface area contributed by atoms with Crippen LogP contribution in [0, 0.1) is 11.3 Å². The molecule has 0 atom stereocenters. The van der Waals surface area contributed by atoms with E-state index < -0.39 is 0 Å². The molecule has 1 saturated carbocycles. The number of carbonyl (C=O) groups excluding carboxylic acids is 1. The highest BCUT2D eigenvalue weighted by Crippen LogP contribution is 2.46. The first kappa shape index (κ1) is 12.0. The average molecular weight is 266 g/mol. The van der Waals surface area contributed by atoms with Crippen molar-refractivity contribution in [2.45, 2.75) is 50.4 Å². The summed E-state index contributed by atoms with van der Waals surface area (Å²) in [5.41, 5.74) is 4.71. The monoisotopic (exact) mass is 266 g/mol. The molecule has 0 radical (unpaired) electrons. The summed E-state index contributed by atoms with van der Waals surface area (Å²) in [5.74, 6) is 0.268. The van der Waals surface area contributed by atoms with Crippen LogP contribution in [-0.2, 0) is 23.1 Å². The van der Waals surface area contributed by atoms with Crippen molar-refractivity contribution in [2.75, 3.05) is 11.4 Å². The largest absolute Gasteiger partial charge is 0.312 e. The lowest BCUT2D eigenvalue weighted by Crippen LogP contribution is -2.40. The highest BCUT2D eigenvalue weighted by molar-refractivity contribution is 5.97. The molecule has 3 heteroatoms. The van der Waals surface area contributed by atoms with E-state index in [0.717, 1.165) is 45.1 Å². The molecule has 0 bridgehead atoms. The van der Waals surface area contributed by atoms with E-state index >= 15 is 0 Å². The van der Waals surface area contributed by atoms with Crippen LogP contribution < -0.4 is 4.90 Å². The minimum atomic E-state index is -0.241. The van der Waals surface area contributed by atoms with Gasteiger partial charge in [0.15, 0.2) is 0 Å². The van der Waals surface area contributed by atoms with Gasteiger partial charge in [0, 0.05) is 13.0 Å². The third-order valence-corrected chi connectivity index (χ3v) is 5.25. The van der Waals surface area contributed by atoms with Crippen molar-refractivity contribution in [3.63, 3.8) is 0 Å². The summed E-state index contributed by atoms with van der Waals surface area (Å²) >= 11 is 0. The lowest BCUT2D eigenvalue weighted by molar-refractivity contribution is -0.119. The third kappa shape index (κ3) is 1.48. The molecule has 2 aliphatic heterocycles. The van der Waals surface area contributed by atoms with E-state index in [1.54, 1.807) is 0 Å². The second-order valence-corrected chi connectivity index (χ2v) is 6.34. The second kappa shape index (κ2) is 4.09. The van der Waals surface area contributed by atoms with Gasteiger partial charge >= 0.3 is 0 Å². The van der Waals surface area contributed by atoms with Gasteiger partial charge in [-0.15, -0.1) is 0 Å². The van der Waals surface area contributed by atoms with Gasteiger partial charge in [0.25, 0.3) is 0 Å². The molecule has 0 unspecified atom stereocenters. The number of aryl methyl sites for hydroxylation is 2. The van der Waals surface area contributed by atoms with Crippen molar-refractivity contribution in [3.8, 4) is 6.07 Å². The fourth-order valence-corrected chi connectivity index (χ4v) is 3.92. The maximum absolute atomic E-state index is 12.1. The number of carbonyl (C=O) groups is 1. The standard InChI is InChI=1S/C17H18N2O/c18-11-17(6-2-7-17)14-9-12-3-1-8-19-15(20)5-4-13(10-14)16(12)19/h9-10H,1-8H2. The van der Waals surface area contributed by atoms with Crippen LogP contribution in [0.2, 0.25) is 0 Å². The maximum atomic E-state index is 12.1. The van der Waals surface area contributed by atoms with Crippen LogP contribution in [0.25, 0.3) is 0 Å². The Hall–Kier alpha value is -1.82. The predicted molar refractivity (Wildman–Crippen MR) is 76.6 cm³/mol. The highest BCUT2D eigenvalue weighted by atomic mass is 16.2. The number of anilines is 1. The van der Waals surface area contributed by atoms with Gasteiger partial charge in [-0.05, 0) is 55.2 Å². The summed E-state index contributed by atoms with van der Waals surface area (Å²) in [4.78, 5) is 14.0. The fraction of sp³-hybridized carbons (Fsp3) is 0.529. The first-order valence-electron chi connectivity index (χ1n) is 7.61. The normalized spacial score (nSPS) is 22.8. The van der Waals surface area contributed by atoms with Gasteiger partial charge in [-0.2, -0.15) is 5.26 Å². The van der Waals surface area contributed by atoms with Crippen LogP contribution >= 0.6 is 0 Å². The van der Waals surface area contributed by atoms with Crippen LogP contribution in [-0.4, -0.2) is 12.5 Å². The Morgan fingerprint density at radius 2 is 1.85 bits per heavy atom. The summed E-state index contributed by atoms with van der Waals surface area (Å²) in [6.07, 6.45) is 6.68. The van der Waals surface area contributed by atoms with E-state index in [9.17, 15) is 10.1 Å². The average Bonchev–Trinajstić information content (AvgIpc) is 2.42. The number of nitriles is 1. The molecule has 1 aliphatic carbocycles. The van der Waals surface area contributed by atoms with Crippen LogP contribution in [0.4, 0.5) is 5.69 Å². The van der Waals surface area contributed by atoms with Crippen LogP contribution in [0.1, 0.15) is 48.8 Å². The summed E-state index contributed by atoms with van der Waals surface area (Å²) in [6, 6.07) is 6.98. The van der Waals surface area contributed by atoms with E-state index in [1.165, 1.54) is 22.4 Å². The maximum Gasteiger partial charge on any atom is 0.227 e. The lowest BCUT2D eigenvalue weighted by atomic mass is 9.64. The Bertz CT molecular complexity index is 620. The molecule has 1 aromatic rings. The molecule has 1 aromatic carbocycles. The van der Waals surface area contributed by atoms with Gasteiger partial charge in [0.2, 0.25) is 5.91 Å². The predicted octanol–water partition coefficient (Wildman–Crippen LogP) is 2.86. The van der Waals surface area contributed by atoms with E-state index in [1.807, 2.05) is 4.90 Å². The van der Waals surface area contributed by atoms with Crippen molar-refractivity contribution in [2.24, 2.45) is 0 Å². The van der Waals surface area contributed by atoms with Crippen LogP contribution in [0.15, 0.2) is 12.1 Å². The molecule has 1 fully saturated rings. The van der Waals surface area contributed by atoms with Crippen molar-refractivity contribution in [3.05, 3.63) is 28.8 Å². The molecule has 0 aromatic heterocycles. The van der Waals surface area contributed by atoms with Crippen LogP contribution in [0.3, 0.4) is 0 Å². The summed E-state index contributed by atoms with van der Waals surface area (Å²) in [5, 5.41) is 9.55. The van der Waals surface area contributed by atoms with Gasteiger partial charge < -0.3 is 4.90 Å². The van der Waals surface area contributed by atoms with Gasteiger partial charge in [-0.1, -0.05) is 12.1 Å². The fourth-order valence-electron chi connectivity index (χ4n) is 3.92. The quantitative estimate of drug-likeness (QED) is 0.784. The first-order valence-corrected chi connectivity index (χ1v) is 7.61. The zero-order valence-electron chi connectivity index (χ0n) is 11.6. The smallest absolute Gasteiger partial charge is 0.227 e. The van der Waals surface area contributed by atoms with Gasteiger partial charge in [0.1, 0.15) is 0 Å². The second-order valence-electron chi connectivity index (χ2n) is 6.34. The molecular formula is C17H18N2O. The summed E-state index contributed by atoms with van der Waals surface area (Å²) < 4.78 is 0. The Morgan fingerprint density at radius 3 is 2.50 bits per heavy atom. The molecule has 1 amide bonds. The van der Waals surface area contributed by atoms with Crippen molar-refractivity contribution < 1.29 is 4.79 Å². The molecule has 4 rings (SSSR count). The van der Waals surface area contributed by atoms with Gasteiger partial charge in [0.05, 0.1) is 17.2 Å².